The van der Waals surface area contributed by atoms with Crippen molar-refractivity contribution in [1.82, 2.24) is 9.55 Å². The number of carboxylic acid groups (broad SMARTS) is 1. The van der Waals surface area contributed by atoms with Crippen LogP contribution in [0.4, 0.5) is 0 Å². The molecule has 94 valence electrons. The molecule has 1 saturated carbocycles. The van der Waals surface area contributed by atoms with Crippen LogP contribution in [0.15, 0.2) is 0 Å². The first-order valence-corrected chi connectivity index (χ1v) is 6.33. The average molecular weight is 236 g/mol. The van der Waals surface area contributed by atoms with Gasteiger partial charge in [0.1, 0.15) is 5.82 Å². The monoisotopic (exact) mass is 236 g/mol. The number of carbonyl (C=O) groups is 1. The molecule has 0 saturated heterocycles. The zero-order chi connectivity index (χ0) is 12.4. The lowest BCUT2D eigenvalue weighted by atomic mass is 10.0. The van der Waals surface area contributed by atoms with Crippen LogP contribution < -0.4 is 0 Å². The number of hydrogen-bond donors (Lipinski definition) is 1. The van der Waals surface area contributed by atoms with Crippen LogP contribution in [-0.2, 0) is 18.3 Å². The van der Waals surface area contributed by atoms with Crippen LogP contribution in [-0.4, -0.2) is 20.6 Å². The fraction of sp³-hybridized carbons (Fsp3) is 0.692. The molecule has 1 aromatic heterocycles. The highest BCUT2D eigenvalue weighted by Crippen LogP contribution is 2.35. The van der Waals surface area contributed by atoms with Crippen LogP contribution in [0.25, 0.3) is 0 Å². The summed E-state index contributed by atoms with van der Waals surface area (Å²) in [5.41, 5.74) is 2.41. The third kappa shape index (κ3) is 2.51. The molecule has 1 aromatic rings. The van der Waals surface area contributed by atoms with Crippen LogP contribution in [0, 0.1) is 6.92 Å². The fourth-order valence-electron chi connectivity index (χ4n) is 2.69. The van der Waals surface area contributed by atoms with Crippen LogP contribution in [0.3, 0.4) is 0 Å². The van der Waals surface area contributed by atoms with Gasteiger partial charge in [0.05, 0.1) is 12.1 Å². The van der Waals surface area contributed by atoms with Gasteiger partial charge in [0, 0.05) is 25.1 Å². The second-order valence-corrected chi connectivity index (χ2v) is 4.93. The normalized spacial score (nSPS) is 16.6. The van der Waals surface area contributed by atoms with Crippen molar-refractivity contribution in [2.45, 2.75) is 51.4 Å². The Kier molecular flexibility index (Phi) is 3.50. The Bertz CT molecular complexity index is 417. The van der Waals surface area contributed by atoms with Gasteiger partial charge in [0.25, 0.3) is 0 Å². The summed E-state index contributed by atoms with van der Waals surface area (Å²) in [6, 6.07) is 0. The smallest absolute Gasteiger partial charge is 0.303 e. The van der Waals surface area contributed by atoms with E-state index in [2.05, 4.69) is 16.5 Å². The molecular weight excluding hydrogens is 216 g/mol. The quantitative estimate of drug-likeness (QED) is 0.873. The number of aromatic nitrogens is 2. The number of nitrogens with zero attached hydrogens (tertiary/aromatic N) is 2. The second-order valence-electron chi connectivity index (χ2n) is 4.93. The van der Waals surface area contributed by atoms with Crippen molar-refractivity contribution >= 4 is 5.97 Å². The van der Waals surface area contributed by atoms with Crippen LogP contribution >= 0.6 is 0 Å². The molecule has 0 amide bonds. The topological polar surface area (TPSA) is 55.1 Å². The second kappa shape index (κ2) is 4.90. The summed E-state index contributed by atoms with van der Waals surface area (Å²) < 4.78 is 2.05. The molecule has 0 spiro atoms. The Morgan fingerprint density at radius 1 is 1.47 bits per heavy atom. The van der Waals surface area contributed by atoms with Gasteiger partial charge >= 0.3 is 5.97 Å². The molecule has 2 rings (SSSR count). The largest absolute Gasteiger partial charge is 0.481 e. The molecule has 0 unspecified atom stereocenters. The van der Waals surface area contributed by atoms with Gasteiger partial charge in [-0.25, -0.2) is 4.98 Å². The van der Waals surface area contributed by atoms with E-state index in [1.807, 2.05) is 7.05 Å². The number of hydrogen-bond acceptors (Lipinski definition) is 2. The minimum Gasteiger partial charge on any atom is -0.481 e. The van der Waals surface area contributed by atoms with Gasteiger partial charge in [-0.2, -0.15) is 0 Å². The third-order valence-electron chi connectivity index (χ3n) is 3.81. The van der Waals surface area contributed by atoms with Crippen LogP contribution in [0.2, 0.25) is 0 Å². The predicted octanol–water partition coefficient (Wildman–Crippen LogP) is 2.40. The van der Waals surface area contributed by atoms with Crippen molar-refractivity contribution in [2.24, 2.45) is 7.05 Å². The Balaban J connectivity index is 2.17. The van der Waals surface area contributed by atoms with E-state index in [-0.39, 0.29) is 6.42 Å². The Labute approximate surface area is 102 Å². The summed E-state index contributed by atoms with van der Waals surface area (Å²) in [4.78, 5) is 15.3. The SMILES string of the molecule is Cc1c(C2CCCC2)nc(CCC(=O)O)n1C. The maximum absolute atomic E-state index is 10.6. The molecule has 1 N–H and O–H groups in total. The molecular formula is C13H20N2O2. The van der Waals surface area contributed by atoms with E-state index in [4.69, 9.17) is 5.11 Å². The lowest BCUT2D eigenvalue weighted by molar-refractivity contribution is -0.137. The van der Waals surface area contributed by atoms with E-state index < -0.39 is 5.97 Å². The van der Waals surface area contributed by atoms with E-state index in [0.29, 0.717) is 12.3 Å². The molecule has 1 fully saturated rings. The number of imidazole rings is 1. The molecule has 4 nitrogen and oxygen atoms in total. The standard InChI is InChI=1S/C13H20N2O2/c1-9-13(10-5-3-4-6-10)14-11(15(9)2)7-8-12(16)17/h10H,3-8H2,1-2H3,(H,16,17). The molecule has 0 aliphatic heterocycles. The predicted molar refractivity (Wildman–Crippen MR) is 65.1 cm³/mol. The fourth-order valence-corrected chi connectivity index (χ4v) is 2.69. The van der Waals surface area contributed by atoms with Gasteiger partial charge in [0.2, 0.25) is 0 Å². The minimum atomic E-state index is -0.756. The highest BCUT2D eigenvalue weighted by Gasteiger charge is 2.23. The molecule has 0 radical (unpaired) electrons. The lowest BCUT2D eigenvalue weighted by Gasteiger charge is -2.06. The summed E-state index contributed by atoms with van der Waals surface area (Å²) in [5.74, 6) is 0.750. The number of aliphatic carboxylic acids is 1. The average Bonchev–Trinajstić information content (AvgIpc) is 2.88. The van der Waals surface area contributed by atoms with Crippen molar-refractivity contribution in [1.29, 1.82) is 0 Å². The van der Waals surface area contributed by atoms with Crippen molar-refractivity contribution < 1.29 is 9.90 Å². The van der Waals surface area contributed by atoms with Gasteiger partial charge < -0.3 is 9.67 Å². The highest BCUT2D eigenvalue weighted by atomic mass is 16.4. The number of aryl methyl sites for hydroxylation is 1. The Hall–Kier alpha value is -1.32. The Morgan fingerprint density at radius 2 is 2.12 bits per heavy atom. The molecule has 0 aromatic carbocycles. The number of rotatable bonds is 4. The van der Waals surface area contributed by atoms with Gasteiger partial charge in [-0.05, 0) is 19.8 Å². The molecule has 4 heteroatoms. The van der Waals surface area contributed by atoms with Crippen molar-refractivity contribution in [3.63, 3.8) is 0 Å². The van der Waals surface area contributed by atoms with Crippen molar-refractivity contribution in [3.8, 4) is 0 Å². The minimum absolute atomic E-state index is 0.161. The summed E-state index contributed by atoms with van der Waals surface area (Å²) in [7, 11) is 1.98. The zero-order valence-corrected chi connectivity index (χ0v) is 10.6. The molecule has 1 aliphatic carbocycles. The maximum Gasteiger partial charge on any atom is 0.303 e. The first-order valence-electron chi connectivity index (χ1n) is 6.33. The molecule has 0 bridgehead atoms. The van der Waals surface area contributed by atoms with Gasteiger partial charge in [-0.15, -0.1) is 0 Å². The van der Waals surface area contributed by atoms with Crippen molar-refractivity contribution in [3.05, 3.63) is 17.2 Å². The summed E-state index contributed by atoms with van der Waals surface area (Å²) in [5, 5.41) is 8.72. The van der Waals surface area contributed by atoms with Gasteiger partial charge in [-0.1, -0.05) is 12.8 Å². The van der Waals surface area contributed by atoms with E-state index in [9.17, 15) is 4.79 Å². The third-order valence-corrected chi connectivity index (χ3v) is 3.81. The van der Waals surface area contributed by atoms with Crippen LogP contribution in [0.5, 0.6) is 0 Å². The van der Waals surface area contributed by atoms with Gasteiger partial charge in [0.15, 0.2) is 0 Å². The van der Waals surface area contributed by atoms with Gasteiger partial charge in [-0.3, -0.25) is 4.79 Å². The van der Waals surface area contributed by atoms with Crippen molar-refractivity contribution in [2.75, 3.05) is 0 Å². The maximum atomic E-state index is 10.6. The summed E-state index contributed by atoms with van der Waals surface area (Å²) >= 11 is 0. The van der Waals surface area contributed by atoms with Crippen LogP contribution in [0.1, 0.15) is 55.2 Å². The number of carboxylic acids is 1. The summed E-state index contributed by atoms with van der Waals surface area (Å²) in [6.07, 6.45) is 5.75. The zero-order valence-electron chi connectivity index (χ0n) is 10.6. The first kappa shape index (κ1) is 12.1. The molecule has 0 atom stereocenters. The molecule has 1 aliphatic rings. The highest BCUT2D eigenvalue weighted by molar-refractivity contribution is 5.66. The molecule has 17 heavy (non-hydrogen) atoms. The lowest BCUT2D eigenvalue weighted by Crippen LogP contribution is -2.03. The van der Waals surface area contributed by atoms with E-state index in [0.717, 1.165) is 5.82 Å². The first-order chi connectivity index (χ1) is 8.09. The molecule has 1 heterocycles. The van der Waals surface area contributed by atoms with E-state index >= 15 is 0 Å². The van der Waals surface area contributed by atoms with E-state index in [1.165, 1.54) is 37.1 Å². The van der Waals surface area contributed by atoms with E-state index in [1.54, 1.807) is 0 Å². The Morgan fingerprint density at radius 3 is 2.71 bits per heavy atom. The summed E-state index contributed by atoms with van der Waals surface area (Å²) in [6.45, 7) is 2.09.